The molecule has 2 heterocycles. The molecule has 0 fully saturated rings. The third kappa shape index (κ3) is 7.10. The summed E-state index contributed by atoms with van der Waals surface area (Å²) in [6.07, 6.45) is -0.368. The van der Waals surface area contributed by atoms with E-state index in [4.69, 9.17) is 37.4 Å². The van der Waals surface area contributed by atoms with Crippen molar-refractivity contribution < 1.29 is 28.9 Å². The monoisotopic (exact) mass is 628 g/mol. The Hall–Kier alpha value is -3.70. The number of para-hydroxylation sites is 1. The normalized spacial score (nSPS) is 18.4. The van der Waals surface area contributed by atoms with Gasteiger partial charge in [-0.15, -0.1) is 0 Å². The largest absolute Gasteiger partial charge is 0.486 e. The lowest BCUT2D eigenvalue weighted by Gasteiger charge is -2.38. The molecule has 5 rings (SSSR count). The van der Waals surface area contributed by atoms with Crippen LogP contribution in [0.4, 0.5) is 16.2 Å². The second-order valence-corrected chi connectivity index (χ2v) is 11.7. The Morgan fingerprint density at radius 3 is 2.65 bits per heavy atom. The van der Waals surface area contributed by atoms with Crippen molar-refractivity contribution in [1.82, 2.24) is 9.80 Å². The Balaban J connectivity index is 1.40. The number of halogens is 2. The Bertz CT molecular complexity index is 1510. The minimum absolute atomic E-state index is 0.113. The molecule has 2 aliphatic rings. The molecule has 3 aromatic carbocycles. The van der Waals surface area contributed by atoms with Gasteiger partial charge in [-0.1, -0.05) is 42.3 Å². The van der Waals surface area contributed by atoms with Crippen molar-refractivity contribution in [3.05, 3.63) is 75.8 Å². The molecule has 3 atom stereocenters. The minimum Gasteiger partial charge on any atom is -0.486 e. The van der Waals surface area contributed by atoms with E-state index in [1.165, 1.54) is 0 Å². The van der Waals surface area contributed by atoms with E-state index < -0.39 is 12.1 Å². The van der Waals surface area contributed by atoms with Gasteiger partial charge < -0.3 is 34.9 Å². The van der Waals surface area contributed by atoms with Gasteiger partial charge in [-0.3, -0.25) is 9.69 Å². The number of ether oxygens (including phenoxy) is 3. The number of hydrogen-bond donors (Lipinski definition) is 3. The zero-order valence-corrected chi connectivity index (χ0v) is 25.6. The average molecular weight is 630 g/mol. The highest BCUT2D eigenvalue weighted by molar-refractivity contribution is 6.42. The van der Waals surface area contributed by atoms with Crippen molar-refractivity contribution in [3.63, 3.8) is 0 Å². The number of aliphatic hydroxyl groups excluding tert-OH is 1. The average Bonchev–Trinajstić information content (AvgIpc) is 3.45. The number of hydrogen-bond acceptors (Lipinski definition) is 7. The van der Waals surface area contributed by atoms with Crippen molar-refractivity contribution >= 4 is 46.5 Å². The van der Waals surface area contributed by atoms with Crippen molar-refractivity contribution in [2.24, 2.45) is 5.92 Å². The Morgan fingerprint density at radius 2 is 1.88 bits per heavy atom. The van der Waals surface area contributed by atoms with Crippen LogP contribution in [-0.4, -0.2) is 72.5 Å². The van der Waals surface area contributed by atoms with Gasteiger partial charge in [-0.2, -0.15) is 0 Å². The van der Waals surface area contributed by atoms with E-state index in [0.717, 1.165) is 5.56 Å². The standard InChI is InChI=1S/C31H34Cl2N4O6/c1-18-13-37(19(2)16-38)30(39)22-5-4-6-25(35-31(40)34-21-8-10-26-27(12-21)42-17-41-26)29(22)43-28(18)15-36(3)14-20-7-9-23(32)24(33)11-20/h4-12,18-19,28,38H,13-17H2,1-3H3,(H2,34,35,40)/t18-,19-,28+/m0/s1. The Labute approximate surface area is 260 Å². The fourth-order valence-corrected chi connectivity index (χ4v) is 5.46. The predicted octanol–water partition coefficient (Wildman–Crippen LogP) is 5.72. The third-order valence-electron chi connectivity index (χ3n) is 7.50. The maximum Gasteiger partial charge on any atom is 0.323 e. The lowest BCUT2D eigenvalue weighted by atomic mass is 9.99. The molecule has 2 aliphatic heterocycles. The first-order valence-corrected chi connectivity index (χ1v) is 14.7. The van der Waals surface area contributed by atoms with Gasteiger partial charge in [0.15, 0.2) is 17.2 Å². The number of fused-ring (bicyclic) bond motifs is 2. The van der Waals surface area contributed by atoms with E-state index in [1.54, 1.807) is 54.3 Å². The summed E-state index contributed by atoms with van der Waals surface area (Å²) in [5, 5.41) is 16.6. The molecule has 3 N–H and O–H groups in total. The number of amides is 3. The van der Waals surface area contributed by atoms with Crippen molar-refractivity contribution in [2.75, 3.05) is 44.2 Å². The number of carbonyl (C=O) groups is 2. The zero-order chi connectivity index (χ0) is 30.7. The summed E-state index contributed by atoms with van der Waals surface area (Å²) in [7, 11) is 1.97. The van der Waals surface area contributed by atoms with Crippen molar-refractivity contribution in [1.29, 1.82) is 0 Å². The number of aliphatic hydroxyl groups is 1. The number of urea groups is 1. The lowest BCUT2D eigenvalue weighted by Crippen LogP contribution is -2.49. The van der Waals surface area contributed by atoms with Gasteiger partial charge in [-0.25, -0.2) is 4.79 Å². The number of rotatable bonds is 8. The molecule has 0 unspecified atom stereocenters. The summed E-state index contributed by atoms with van der Waals surface area (Å²) in [6.45, 7) is 5.23. The fourth-order valence-electron chi connectivity index (χ4n) is 5.14. The van der Waals surface area contributed by atoms with Crippen LogP contribution in [0.3, 0.4) is 0 Å². The molecule has 0 spiro atoms. The molecule has 0 saturated carbocycles. The number of likely N-dealkylation sites (N-methyl/N-ethyl adjacent to an activating group) is 1. The summed E-state index contributed by atoms with van der Waals surface area (Å²) < 4.78 is 17.3. The molecule has 0 aromatic heterocycles. The van der Waals surface area contributed by atoms with Crippen LogP contribution in [0.15, 0.2) is 54.6 Å². The van der Waals surface area contributed by atoms with Crippen LogP contribution in [0.1, 0.15) is 29.8 Å². The van der Waals surface area contributed by atoms with Crippen LogP contribution < -0.4 is 24.8 Å². The molecule has 3 aromatic rings. The van der Waals surface area contributed by atoms with E-state index >= 15 is 0 Å². The van der Waals surface area contributed by atoms with Gasteiger partial charge in [0.25, 0.3) is 5.91 Å². The molecular weight excluding hydrogens is 595 g/mol. The number of nitrogens with one attached hydrogen (secondary N) is 2. The molecule has 3 amide bonds. The van der Waals surface area contributed by atoms with E-state index in [0.29, 0.717) is 58.1 Å². The van der Waals surface area contributed by atoms with Crippen LogP contribution in [0, 0.1) is 5.92 Å². The van der Waals surface area contributed by atoms with Gasteiger partial charge >= 0.3 is 6.03 Å². The molecule has 0 aliphatic carbocycles. The molecule has 10 nitrogen and oxygen atoms in total. The van der Waals surface area contributed by atoms with E-state index in [2.05, 4.69) is 15.5 Å². The molecular formula is C31H34Cl2N4O6. The van der Waals surface area contributed by atoms with Crippen molar-refractivity contribution in [2.45, 2.75) is 32.5 Å². The maximum atomic E-state index is 13.7. The summed E-state index contributed by atoms with van der Waals surface area (Å²) in [5.41, 5.74) is 2.14. The van der Waals surface area contributed by atoms with Crippen LogP contribution in [0.2, 0.25) is 10.0 Å². The Morgan fingerprint density at radius 1 is 1.09 bits per heavy atom. The summed E-state index contributed by atoms with van der Waals surface area (Å²) >= 11 is 12.3. The molecule has 12 heteroatoms. The first kappa shape index (κ1) is 30.7. The van der Waals surface area contributed by atoms with Crippen LogP contribution in [0.5, 0.6) is 17.2 Å². The van der Waals surface area contributed by atoms with Gasteiger partial charge in [-0.05, 0) is 55.9 Å². The minimum atomic E-state index is -0.521. The highest BCUT2D eigenvalue weighted by atomic mass is 35.5. The number of nitrogens with zero attached hydrogens (tertiary/aromatic N) is 2. The molecule has 228 valence electrons. The molecule has 0 saturated heterocycles. The highest BCUT2D eigenvalue weighted by Crippen LogP contribution is 2.36. The second-order valence-electron chi connectivity index (χ2n) is 10.9. The second kappa shape index (κ2) is 13.3. The fraction of sp³-hybridized carbons (Fsp3) is 0.355. The van der Waals surface area contributed by atoms with Gasteiger partial charge in [0.1, 0.15) is 6.10 Å². The van der Waals surface area contributed by atoms with Gasteiger partial charge in [0.05, 0.1) is 33.9 Å². The first-order valence-electron chi connectivity index (χ1n) is 13.9. The molecule has 43 heavy (non-hydrogen) atoms. The van der Waals surface area contributed by atoms with Crippen LogP contribution in [0.25, 0.3) is 0 Å². The smallest absolute Gasteiger partial charge is 0.323 e. The van der Waals surface area contributed by atoms with Crippen LogP contribution >= 0.6 is 23.2 Å². The third-order valence-corrected chi connectivity index (χ3v) is 8.24. The van der Waals surface area contributed by atoms with E-state index in [9.17, 15) is 14.7 Å². The quantitative estimate of drug-likeness (QED) is 0.292. The molecule has 0 radical (unpaired) electrons. The lowest BCUT2D eigenvalue weighted by molar-refractivity contribution is 0.0343. The van der Waals surface area contributed by atoms with Gasteiger partial charge in [0.2, 0.25) is 6.79 Å². The van der Waals surface area contributed by atoms with E-state index in [1.807, 2.05) is 26.1 Å². The summed E-state index contributed by atoms with van der Waals surface area (Å²) in [5.74, 6) is 1.01. The number of carbonyl (C=O) groups excluding carboxylic acids is 2. The van der Waals surface area contributed by atoms with Crippen molar-refractivity contribution in [3.8, 4) is 17.2 Å². The van der Waals surface area contributed by atoms with Gasteiger partial charge in [0, 0.05) is 37.3 Å². The van der Waals surface area contributed by atoms with E-state index in [-0.39, 0.29) is 37.1 Å². The zero-order valence-electron chi connectivity index (χ0n) is 24.1. The summed E-state index contributed by atoms with van der Waals surface area (Å²) in [4.78, 5) is 30.6. The SMILES string of the molecule is C[C@H]1CN([C@@H](C)CO)C(=O)c2cccc(NC(=O)Nc3ccc4c(c3)OCO4)c2O[C@@H]1CN(C)Cc1ccc(Cl)c(Cl)c1. The Kier molecular flexibility index (Phi) is 9.51. The van der Waals surface area contributed by atoms with Crippen LogP contribution in [-0.2, 0) is 6.54 Å². The molecule has 0 bridgehead atoms. The maximum absolute atomic E-state index is 13.7. The topological polar surface area (TPSA) is 113 Å². The number of anilines is 2. The first-order chi connectivity index (χ1) is 20.6. The summed E-state index contributed by atoms with van der Waals surface area (Å²) in [6, 6.07) is 14.7. The number of benzene rings is 3. The highest BCUT2D eigenvalue weighted by Gasteiger charge is 2.34. The predicted molar refractivity (Wildman–Crippen MR) is 166 cm³/mol.